The molecule has 6 heteroatoms. The van der Waals surface area contributed by atoms with E-state index in [4.69, 9.17) is 5.73 Å². The minimum absolute atomic E-state index is 0.0890. The molecule has 0 saturated heterocycles. The van der Waals surface area contributed by atoms with Crippen LogP contribution >= 0.6 is 43.3 Å². The Morgan fingerprint density at radius 2 is 2.23 bits per heavy atom. The fourth-order valence-corrected chi connectivity index (χ4v) is 1.89. The van der Waals surface area contributed by atoms with Gasteiger partial charge in [0.25, 0.3) is 0 Å². The molecule has 1 aromatic heterocycles. The van der Waals surface area contributed by atoms with Crippen molar-refractivity contribution in [1.82, 2.24) is 4.98 Å². The quantitative estimate of drug-likeness (QED) is 0.602. The largest absolute Gasteiger partial charge is 0.383 e. The normalized spacial score (nSPS) is 11.6. The van der Waals surface area contributed by atoms with Crippen molar-refractivity contribution in [2.75, 3.05) is 5.73 Å². The molecule has 0 unspecified atom stereocenters. The summed E-state index contributed by atoms with van der Waals surface area (Å²) in [5.41, 5.74) is 5.31. The maximum atomic E-state index is 13.1. The maximum Gasteiger partial charge on any atom is 0.317 e. The number of hydrogen-bond acceptors (Lipinski definition) is 2. The molecule has 0 fully saturated rings. The van der Waals surface area contributed by atoms with Crippen molar-refractivity contribution in [2.24, 2.45) is 0 Å². The van der Waals surface area contributed by atoms with E-state index >= 15 is 0 Å². The molecule has 0 aromatic carbocycles. The number of alkyl halides is 3. The first-order valence-electron chi connectivity index (χ1n) is 3.16. The van der Waals surface area contributed by atoms with Crippen LogP contribution in [-0.4, -0.2) is 9.50 Å². The molecule has 1 heterocycles. The highest BCUT2D eigenvalue weighted by Gasteiger charge is 2.28. The van der Waals surface area contributed by atoms with Crippen LogP contribution in [-0.2, 0) is 3.93 Å². The van der Waals surface area contributed by atoms with E-state index in [0.717, 1.165) is 6.20 Å². The lowest BCUT2D eigenvalue weighted by atomic mass is 10.3. The zero-order chi connectivity index (χ0) is 10.1. The van der Waals surface area contributed by atoms with Gasteiger partial charge in [-0.05, 0) is 49.4 Å². The molecule has 0 aliphatic heterocycles. The van der Waals surface area contributed by atoms with Gasteiger partial charge in [0.15, 0.2) is 0 Å². The minimum atomic E-state index is -2.81. The van der Waals surface area contributed by atoms with Crippen LogP contribution in [0, 0.1) is 3.57 Å². The molecular formula is C7H6F2I2N2. The fraction of sp³-hybridized carbons (Fsp3) is 0.143. The van der Waals surface area contributed by atoms with Gasteiger partial charge in [0, 0.05) is 6.20 Å². The number of rotatable bonds is 2. The van der Waals surface area contributed by atoms with E-state index in [0.29, 0.717) is 3.57 Å². The number of aromatic nitrogens is 1. The average molecular weight is 410 g/mol. The van der Waals surface area contributed by atoms with Crippen molar-refractivity contribution in [3.63, 3.8) is 0 Å². The average Bonchev–Trinajstić information content (AvgIpc) is 2.09. The van der Waals surface area contributed by atoms with Crippen LogP contribution in [0.25, 0.3) is 0 Å². The lowest BCUT2D eigenvalue weighted by molar-refractivity contribution is 0.127. The molecule has 0 aliphatic rings. The third-order valence-corrected chi connectivity index (χ3v) is 3.81. The summed E-state index contributed by atoms with van der Waals surface area (Å²) in [6, 6.07) is 1.35. The summed E-state index contributed by atoms with van der Waals surface area (Å²) in [5, 5.41) is 0. The van der Waals surface area contributed by atoms with E-state index in [1.54, 1.807) is 0 Å². The first-order valence-corrected chi connectivity index (χ1v) is 6.84. The fourth-order valence-electron chi connectivity index (χ4n) is 0.681. The molecule has 13 heavy (non-hydrogen) atoms. The van der Waals surface area contributed by atoms with Gasteiger partial charge in [0.05, 0.1) is 9.13 Å². The van der Waals surface area contributed by atoms with Gasteiger partial charge in [-0.3, -0.25) is 0 Å². The summed E-state index contributed by atoms with van der Waals surface area (Å²) in [6.45, 7) is 0. The van der Waals surface area contributed by atoms with E-state index < -0.39 is 24.7 Å². The monoisotopic (exact) mass is 410 g/mol. The first kappa shape index (κ1) is 11.2. The Morgan fingerprint density at radius 1 is 1.62 bits per heavy atom. The highest BCUT2D eigenvalue weighted by atomic mass is 127. The summed E-state index contributed by atoms with van der Waals surface area (Å²) in [7, 11) is 0. The topological polar surface area (TPSA) is 38.9 Å². The summed E-state index contributed by atoms with van der Waals surface area (Å²) >= 11 is 0.469. The predicted molar refractivity (Wildman–Crippen MR) is 66.4 cm³/mol. The Hall–Kier alpha value is 0.140. The van der Waals surface area contributed by atoms with Gasteiger partial charge in [0.1, 0.15) is 5.82 Å². The van der Waals surface area contributed by atoms with Crippen molar-refractivity contribution in [3.8, 4) is 0 Å². The zero-order valence-corrected chi connectivity index (χ0v) is 10.7. The molecule has 0 radical (unpaired) electrons. The molecular weight excluding hydrogens is 404 g/mol. The van der Waals surface area contributed by atoms with E-state index in [-0.39, 0.29) is 11.4 Å². The van der Waals surface area contributed by atoms with Gasteiger partial charge >= 0.3 is 3.93 Å². The van der Waals surface area contributed by atoms with E-state index in [1.807, 2.05) is 22.6 Å². The Kier molecular flexibility index (Phi) is 3.55. The molecule has 0 aliphatic carbocycles. The summed E-state index contributed by atoms with van der Waals surface area (Å²) < 4.78 is 27.2. The summed E-state index contributed by atoms with van der Waals surface area (Å²) in [6.07, 6.45) is 1.11. The lowest BCUT2D eigenvalue weighted by Crippen LogP contribution is -2.06. The highest BCUT2D eigenvalue weighted by Crippen LogP contribution is 2.38. The molecule has 1 aromatic rings. The Labute approximate surface area is 97.8 Å². The Balaban J connectivity index is 3.18. The van der Waals surface area contributed by atoms with Crippen LogP contribution in [0.2, 0.25) is 0 Å². The predicted octanol–water partition coefficient (Wildman–Crippen LogP) is 2.72. The van der Waals surface area contributed by atoms with Crippen molar-refractivity contribution >= 4 is 53.7 Å². The third kappa shape index (κ3) is 2.55. The van der Waals surface area contributed by atoms with E-state index in [9.17, 15) is 8.78 Å². The SMILES string of the molecule is C=IC(F)(F)c1cnc(N)c(I)c1. The van der Waals surface area contributed by atoms with Gasteiger partial charge in [-0.15, -0.1) is 0 Å². The summed E-state index contributed by atoms with van der Waals surface area (Å²) in [4.78, 5) is 3.67. The molecule has 0 saturated carbocycles. The van der Waals surface area contributed by atoms with Gasteiger partial charge < -0.3 is 5.73 Å². The van der Waals surface area contributed by atoms with Crippen LogP contribution in [0.15, 0.2) is 12.3 Å². The maximum absolute atomic E-state index is 13.1. The van der Waals surface area contributed by atoms with E-state index in [2.05, 4.69) is 9.50 Å². The Bertz CT molecular complexity index is 341. The second-order valence-electron chi connectivity index (χ2n) is 2.22. The number of pyridine rings is 1. The van der Waals surface area contributed by atoms with Crippen molar-refractivity contribution in [3.05, 3.63) is 21.4 Å². The van der Waals surface area contributed by atoms with Crippen LogP contribution in [0.4, 0.5) is 14.6 Å². The van der Waals surface area contributed by atoms with Crippen LogP contribution in [0.5, 0.6) is 0 Å². The minimum Gasteiger partial charge on any atom is -0.383 e. The van der Waals surface area contributed by atoms with Crippen molar-refractivity contribution in [1.29, 1.82) is 0 Å². The van der Waals surface area contributed by atoms with E-state index in [1.165, 1.54) is 6.07 Å². The zero-order valence-electron chi connectivity index (χ0n) is 6.40. The second kappa shape index (κ2) is 4.11. The van der Waals surface area contributed by atoms with Gasteiger partial charge in [0.2, 0.25) is 0 Å². The van der Waals surface area contributed by atoms with Crippen LogP contribution in [0.3, 0.4) is 0 Å². The Morgan fingerprint density at radius 3 is 2.69 bits per heavy atom. The number of nitrogens with zero attached hydrogens (tertiary/aromatic N) is 1. The van der Waals surface area contributed by atoms with Gasteiger partial charge in [-0.1, -0.05) is 4.51 Å². The first-order chi connectivity index (χ1) is 5.97. The number of anilines is 1. The molecule has 2 nitrogen and oxygen atoms in total. The number of nitrogens with two attached hydrogens (primary N) is 1. The molecule has 0 amide bonds. The molecule has 1 rings (SSSR count). The number of nitrogen functional groups attached to an aromatic ring is 1. The molecule has 0 bridgehead atoms. The molecule has 0 atom stereocenters. The van der Waals surface area contributed by atoms with Gasteiger partial charge in [-0.2, -0.15) is 8.78 Å². The molecule has 0 spiro atoms. The highest BCUT2D eigenvalue weighted by molar-refractivity contribution is 14.2. The number of halogens is 4. The standard InChI is InChI=1S/C7H6F2I2N2/c1-11-7(8,9)4-2-5(10)6(12)13-3-4/h2-3H,1H2,(H2,12,13). The van der Waals surface area contributed by atoms with Crippen LogP contribution < -0.4 is 5.73 Å². The molecule has 72 valence electrons. The summed E-state index contributed by atoms with van der Waals surface area (Å²) in [5.74, 6) is 0.280. The molecule has 2 N–H and O–H groups in total. The third-order valence-electron chi connectivity index (χ3n) is 1.36. The van der Waals surface area contributed by atoms with Crippen molar-refractivity contribution < 1.29 is 8.78 Å². The lowest BCUT2D eigenvalue weighted by Gasteiger charge is -2.10. The van der Waals surface area contributed by atoms with Crippen molar-refractivity contribution in [2.45, 2.75) is 3.93 Å². The number of hydrogen-bond donors (Lipinski definition) is 1. The van der Waals surface area contributed by atoms with Gasteiger partial charge in [-0.25, -0.2) is 4.98 Å². The van der Waals surface area contributed by atoms with Crippen LogP contribution in [0.1, 0.15) is 5.56 Å². The second-order valence-corrected chi connectivity index (χ2v) is 5.50. The smallest absolute Gasteiger partial charge is 0.317 e.